The molecule has 0 bridgehead atoms. The van der Waals surface area contributed by atoms with Crippen LogP contribution in [0, 0.1) is 0 Å². The van der Waals surface area contributed by atoms with Gasteiger partial charge in [0.25, 0.3) is 0 Å². The predicted molar refractivity (Wildman–Crippen MR) is 57.1 cm³/mol. The van der Waals surface area contributed by atoms with E-state index >= 15 is 0 Å². The molecule has 0 saturated heterocycles. The molecule has 0 aromatic carbocycles. The van der Waals surface area contributed by atoms with Crippen molar-refractivity contribution in [2.45, 2.75) is 19.4 Å². The van der Waals surface area contributed by atoms with Gasteiger partial charge in [-0.2, -0.15) is 0 Å². The Balaban J connectivity index is 2.19. The van der Waals surface area contributed by atoms with Gasteiger partial charge in [0.15, 0.2) is 5.82 Å². The van der Waals surface area contributed by atoms with Gasteiger partial charge in [0, 0.05) is 18.8 Å². The molecule has 1 atom stereocenters. The van der Waals surface area contributed by atoms with E-state index in [1.165, 1.54) is 0 Å². The van der Waals surface area contributed by atoms with Crippen LogP contribution in [0.25, 0.3) is 0 Å². The van der Waals surface area contributed by atoms with Crippen molar-refractivity contribution >= 4 is 0 Å². The summed E-state index contributed by atoms with van der Waals surface area (Å²) in [4.78, 5) is 8.50. The van der Waals surface area contributed by atoms with Gasteiger partial charge in [-0.1, -0.05) is 6.92 Å². The normalized spacial score (nSPS) is 17.0. The molecule has 0 spiro atoms. The van der Waals surface area contributed by atoms with Gasteiger partial charge in [-0.3, -0.25) is 0 Å². The van der Waals surface area contributed by atoms with Crippen LogP contribution in [0.1, 0.15) is 25.2 Å². The van der Waals surface area contributed by atoms with Gasteiger partial charge < -0.3 is 10.1 Å². The highest BCUT2D eigenvalue weighted by Crippen LogP contribution is 2.23. The Bertz CT molecular complexity index is 337. The third-order valence-electron chi connectivity index (χ3n) is 2.27. The number of hydrogen-bond acceptors (Lipinski definition) is 4. The van der Waals surface area contributed by atoms with Gasteiger partial charge >= 0.3 is 0 Å². The quantitative estimate of drug-likeness (QED) is 0.807. The fourth-order valence-corrected chi connectivity index (χ4v) is 1.62. The first-order valence-electron chi connectivity index (χ1n) is 5.25. The Morgan fingerprint density at radius 3 is 2.87 bits per heavy atom. The van der Waals surface area contributed by atoms with Gasteiger partial charge in [-0.15, -0.1) is 0 Å². The lowest BCUT2D eigenvalue weighted by atomic mass is 10.2. The molecule has 4 heteroatoms. The van der Waals surface area contributed by atoms with Gasteiger partial charge in [0.1, 0.15) is 11.8 Å². The minimum absolute atomic E-state index is 0.00120. The Morgan fingerprint density at radius 1 is 1.47 bits per heavy atom. The first-order valence-corrected chi connectivity index (χ1v) is 5.25. The molecule has 1 aromatic rings. The zero-order chi connectivity index (χ0) is 10.5. The second-order valence-electron chi connectivity index (χ2n) is 3.34. The van der Waals surface area contributed by atoms with Crippen LogP contribution >= 0.6 is 0 Å². The summed E-state index contributed by atoms with van der Waals surface area (Å²) < 4.78 is 5.54. The molecule has 2 heterocycles. The van der Waals surface area contributed by atoms with Crippen LogP contribution in [-0.4, -0.2) is 23.1 Å². The second-order valence-corrected chi connectivity index (χ2v) is 3.34. The second kappa shape index (κ2) is 4.89. The molecular weight excluding hydrogens is 190 g/mol. The highest BCUT2D eigenvalue weighted by atomic mass is 16.5. The molecule has 4 nitrogen and oxygen atoms in total. The molecule has 1 N–H and O–H groups in total. The van der Waals surface area contributed by atoms with Crippen molar-refractivity contribution in [3.05, 3.63) is 36.1 Å². The molecule has 1 unspecified atom stereocenters. The zero-order valence-electron chi connectivity index (χ0n) is 8.81. The lowest BCUT2D eigenvalue weighted by molar-refractivity contribution is 0.213. The predicted octanol–water partition coefficient (Wildman–Crippen LogP) is 1.43. The SMILES string of the molecule is CCNC(C1=CCCO1)c1ncccn1. The molecule has 0 radical (unpaired) electrons. The Labute approximate surface area is 89.4 Å². The first kappa shape index (κ1) is 10.1. The maximum Gasteiger partial charge on any atom is 0.152 e. The Morgan fingerprint density at radius 2 is 2.27 bits per heavy atom. The van der Waals surface area contributed by atoms with Gasteiger partial charge in [-0.05, 0) is 18.7 Å². The summed E-state index contributed by atoms with van der Waals surface area (Å²) in [7, 11) is 0. The Hall–Kier alpha value is -1.42. The van der Waals surface area contributed by atoms with Crippen LogP contribution in [0.3, 0.4) is 0 Å². The maximum atomic E-state index is 5.54. The van der Waals surface area contributed by atoms with E-state index in [-0.39, 0.29) is 6.04 Å². The highest BCUT2D eigenvalue weighted by molar-refractivity contribution is 5.14. The van der Waals surface area contributed by atoms with Crippen molar-refractivity contribution in [3.63, 3.8) is 0 Å². The zero-order valence-corrected chi connectivity index (χ0v) is 8.81. The van der Waals surface area contributed by atoms with Gasteiger partial charge in [0.05, 0.1) is 6.61 Å². The molecule has 80 valence electrons. The molecule has 2 rings (SSSR count). The third-order valence-corrected chi connectivity index (χ3v) is 2.27. The molecule has 1 aliphatic heterocycles. The van der Waals surface area contributed by atoms with Gasteiger partial charge in [-0.25, -0.2) is 9.97 Å². The average Bonchev–Trinajstić information content (AvgIpc) is 2.80. The molecule has 1 aromatic heterocycles. The standard InChI is InChI=1S/C11H15N3O/c1-2-12-10(9-5-3-8-15-9)11-13-6-4-7-14-11/h4-7,10,12H,2-3,8H2,1H3. The molecular formula is C11H15N3O. The van der Waals surface area contributed by atoms with Crippen molar-refractivity contribution in [1.29, 1.82) is 0 Å². The Kier molecular flexibility index (Phi) is 3.29. The summed E-state index contributed by atoms with van der Waals surface area (Å²) in [6.07, 6.45) is 6.58. The fourth-order valence-electron chi connectivity index (χ4n) is 1.62. The number of rotatable bonds is 4. The van der Waals surface area contributed by atoms with Crippen molar-refractivity contribution in [2.75, 3.05) is 13.2 Å². The van der Waals surface area contributed by atoms with E-state index in [4.69, 9.17) is 4.74 Å². The van der Waals surface area contributed by atoms with Crippen molar-refractivity contribution in [3.8, 4) is 0 Å². The van der Waals surface area contributed by atoms with E-state index in [0.717, 1.165) is 31.2 Å². The van der Waals surface area contributed by atoms with Crippen molar-refractivity contribution < 1.29 is 4.74 Å². The number of ether oxygens (including phenoxy) is 1. The summed E-state index contributed by atoms with van der Waals surface area (Å²) in [5.41, 5.74) is 0. The average molecular weight is 205 g/mol. The fraction of sp³-hybridized carbons (Fsp3) is 0.455. The van der Waals surface area contributed by atoms with Crippen molar-refractivity contribution in [2.24, 2.45) is 0 Å². The minimum Gasteiger partial charge on any atom is -0.496 e. The summed E-state index contributed by atoms with van der Waals surface area (Å²) in [5.74, 6) is 1.72. The molecule has 0 aliphatic carbocycles. The van der Waals surface area contributed by atoms with Crippen LogP contribution in [0.4, 0.5) is 0 Å². The van der Waals surface area contributed by atoms with Gasteiger partial charge in [0.2, 0.25) is 0 Å². The van der Waals surface area contributed by atoms with Crippen LogP contribution in [-0.2, 0) is 4.74 Å². The van der Waals surface area contributed by atoms with E-state index in [1.54, 1.807) is 12.4 Å². The largest absolute Gasteiger partial charge is 0.496 e. The number of aromatic nitrogens is 2. The van der Waals surface area contributed by atoms with Crippen LogP contribution in [0.15, 0.2) is 30.3 Å². The van der Waals surface area contributed by atoms with Crippen LogP contribution < -0.4 is 5.32 Å². The molecule has 0 fully saturated rings. The minimum atomic E-state index is -0.00120. The summed E-state index contributed by atoms with van der Waals surface area (Å²) in [5, 5.41) is 3.32. The smallest absolute Gasteiger partial charge is 0.152 e. The summed E-state index contributed by atoms with van der Waals surface area (Å²) >= 11 is 0. The van der Waals surface area contributed by atoms with Crippen LogP contribution in [0.5, 0.6) is 0 Å². The van der Waals surface area contributed by atoms with E-state index in [1.807, 2.05) is 6.07 Å². The first-order chi connectivity index (χ1) is 7.42. The van der Waals surface area contributed by atoms with Crippen molar-refractivity contribution in [1.82, 2.24) is 15.3 Å². The summed E-state index contributed by atoms with van der Waals surface area (Å²) in [6, 6.07) is 1.81. The molecule has 15 heavy (non-hydrogen) atoms. The highest BCUT2D eigenvalue weighted by Gasteiger charge is 2.21. The number of hydrogen-bond donors (Lipinski definition) is 1. The van der Waals surface area contributed by atoms with Crippen LogP contribution in [0.2, 0.25) is 0 Å². The van der Waals surface area contributed by atoms with E-state index in [9.17, 15) is 0 Å². The maximum absolute atomic E-state index is 5.54. The molecule has 0 saturated carbocycles. The molecule has 1 aliphatic rings. The topological polar surface area (TPSA) is 47.0 Å². The summed E-state index contributed by atoms with van der Waals surface area (Å²) in [6.45, 7) is 3.69. The molecule has 0 amide bonds. The lowest BCUT2D eigenvalue weighted by Crippen LogP contribution is -2.24. The van der Waals surface area contributed by atoms with E-state index in [2.05, 4.69) is 28.3 Å². The van der Waals surface area contributed by atoms with E-state index < -0.39 is 0 Å². The number of nitrogens with zero attached hydrogens (tertiary/aromatic N) is 2. The number of nitrogens with one attached hydrogen (secondary N) is 1. The number of likely N-dealkylation sites (N-methyl/N-ethyl adjacent to an activating group) is 1. The van der Waals surface area contributed by atoms with E-state index in [0.29, 0.717) is 0 Å². The monoisotopic (exact) mass is 205 g/mol. The lowest BCUT2D eigenvalue weighted by Gasteiger charge is -2.17. The third kappa shape index (κ3) is 2.33.